The minimum Gasteiger partial charge on any atom is -0.340 e. The fraction of sp³-hybridized carbons (Fsp3) is 0.667. The van der Waals surface area contributed by atoms with Crippen LogP contribution in [0.2, 0.25) is 0 Å². The van der Waals surface area contributed by atoms with Crippen LogP contribution in [0.1, 0.15) is 62.9 Å². The van der Waals surface area contributed by atoms with Gasteiger partial charge in [-0.25, -0.2) is 4.68 Å². The van der Waals surface area contributed by atoms with Gasteiger partial charge in [0, 0.05) is 83.6 Å². The van der Waals surface area contributed by atoms with Gasteiger partial charge in [-0.05, 0) is 57.7 Å². The van der Waals surface area contributed by atoms with E-state index in [9.17, 15) is 14.4 Å². The number of rotatable bonds is 6. The number of piperazine rings is 1. The molecular formula is C27H40N6O3. The Morgan fingerprint density at radius 3 is 2.33 bits per heavy atom. The Bertz CT molecular complexity index is 1160. The van der Waals surface area contributed by atoms with Gasteiger partial charge in [0.15, 0.2) is 0 Å². The topological polar surface area (TPSA) is 73.5 Å². The van der Waals surface area contributed by atoms with Crippen LogP contribution in [0, 0.1) is 0 Å². The fourth-order valence-corrected chi connectivity index (χ4v) is 6.59. The quantitative estimate of drug-likeness (QED) is 0.611. The molecule has 3 fully saturated rings. The van der Waals surface area contributed by atoms with Crippen molar-refractivity contribution in [3.63, 3.8) is 0 Å². The van der Waals surface area contributed by atoms with Crippen LogP contribution in [-0.4, -0.2) is 105 Å². The van der Waals surface area contributed by atoms with Crippen LogP contribution in [0.4, 0.5) is 0 Å². The average Bonchev–Trinajstić information content (AvgIpc) is 3.41. The maximum absolute atomic E-state index is 13.6. The smallest absolute Gasteiger partial charge is 0.278 e. The third-order valence-corrected chi connectivity index (χ3v) is 8.66. The predicted octanol–water partition coefficient (Wildman–Crippen LogP) is 1.91. The molecule has 5 heterocycles. The number of aromatic nitrogens is 2. The molecule has 0 spiro atoms. The molecule has 2 aromatic rings. The molecule has 2 bridgehead atoms. The van der Waals surface area contributed by atoms with Crippen LogP contribution in [-0.2, 0) is 4.79 Å². The lowest BCUT2D eigenvalue weighted by Crippen LogP contribution is -2.54. The number of hydrogen-bond donors (Lipinski definition) is 0. The van der Waals surface area contributed by atoms with Crippen molar-refractivity contribution in [2.75, 3.05) is 46.3 Å². The molecule has 0 N–H and O–H groups in total. The molecule has 0 aliphatic carbocycles. The average molecular weight is 497 g/mol. The SMILES string of the molecule is CC(=O)N1CCN(CCN2C3CCC2CC(N(C)C(=O)c2cc4cccn4n(C(C)C)c2=O)C3)CC1. The number of hydrogen-bond acceptors (Lipinski definition) is 5. The van der Waals surface area contributed by atoms with E-state index < -0.39 is 0 Å². The lowest BCUT2D eigenvalue weighted by Gasteiger charge is -2.43. The minimum atomic E-state index is -0.226. The van der Waals surface area contributed by atoms with E-state index in [0.29, 0.717) is 12.1 Å². The zero-order valence-electron chi connectivity index (χ0n) is 22.1. The van der Waals surface area contributed by atoms with Crippen molar-refractivity contribution < 1.29 is 9.59 Å². The Balaban J connectivity index is 1.23. The molecule has 36 heavy (non-hydrogen) atoms. The number of piperidine rings is 1. The highest BCUT2D eigenvalue weighted by Crippen LogP contribution is 2.37. The van der Waals surface area contributed by atoms with Crippen molar-refractivity contribution >= 4 is 17.3 Å². The largest absolute Gasteiger partial charge is 0.340 e. The summed E-state index contributed by atoms with van der Waals surface area (Å²) < 4.78 is 3.50. The molecule has 196 valence electrons. The van der Waals surface area contributed by atoms with Gasteiger partial charge in [0.1, 0.15) is 5.56 Å². The molecule has 3 aliphatic heterocycles. The zero-order chi connectivity index (χ0) is 25.6. The van der Waals surface area contributed by atoms with Crippen LogP contribution in [0.15, 0.2) is 29.2 Å². The first kappa shape index (κ1) is 25.0. The molecule has 0 saturated carbocycles. The van der Waals surface area contributed by atoms with E-state index in [0.717, 1.165) is 57.6 Å². The van der Waals surface area contributed by atoms with Crippen molar-refractivity contribution in [1.82, 2.24) is 28.8 Å². The van der Waals surface area contributed by atoms with Gasteiger partial charge < -0.3 is 9.80 Å². The Hall–Kier alpha value is -2.65. The van der Waals surface area contributed by atoms with E-state index >= 15 is 0 Å². The van der Waals surface area contributed by atoms with Crippen LogP contribution in [0.3, 0.4) is 0 Å². The van der Waals surface area contributed by atoms with Gasteiger partial charge in [-0.3, -0.25) is 28.7 Å². The molecular weight excluding hydrogens is 456 g/mol. The minimum absolute atomic E-state index is 0.0463. The van der Waals surface area contributed by atoms with E-state index in [2.05, 4.69) is 9.80 Å². The van der Waals surface area contributed by atoms with Gasteiger partial charge in [-0.15, -0.1) is 0 Å². The molecule has 0 radical (unpaired) electrons. The number of fused-ring (bicyclic) bond motifs is 3. The highest BCUT2D eigenvalue weighted by atomic mass is 16.2. The van der Waals surface area contributed by atoms with E-state index in [1.807, 2.05) is 53.5 Å². The highest BCUT2D eigenvalue weighted by Gasteiger charge is 2.43. The Morgan fingerprint density at radius 1 is 1.06 bits per heavy atom. The van der Waals surface area contributed by atoms with Gasteiger partial charge in [0.2, 0.25) is 5.91 Å². The molecule has 2 atom stereocenters. The summed E-state index contributed by atoms with van der Waals surface area (Å²) in [5.74, 6) is 0.00397. The summed E-state index contributed by atoms with van der Waals surface area (Å²) in [6.45, 7) is 11.2. The standard InChI is InChI=1S/C27H40N6O3/c1-19(2)33-27(36)25(18-23-6-5-9-32(23)33)26(35)28(4)24-16-21-7-8-22(17-24)31(21)15-12-29-10-13-30(14-11-29)20(3)34/h5-6,9,18-19,21-22,24H,7-8,10-17H2,1-4H3. The van der Waals surface area contributed by atoms with Crippen molar-refractivity contribution in [1.29, 1.82) is 0 Å². The molecule has 9 heteroatoms. The van der Waals surface area contributed by atoms with E-state index in [4.69, 9.17) is 0 Å². The summed E-state index contributed by atoms with van der Waals surface area (Å²) in [4.78, 5) is 47.4. The highest BCUT2D eigenvalue weighted by molar-refractivity contribution is 5.95. The van der Waals surface area contributed by atoms with E-state index in [1.165, 1.54) is 12.8 Å². The molecule has 3 saturated heterocycles. The second-order valence-corrected chi connectivity index (χ2v) is 11.1. The van der Waals surface area contributed by atoms with E-state index in [1.54, 1.807) is 17.7 Å². The first-order valence-corrected chi connectivity index (χ1v) is 13.5. The molecule has 2 unspecified atom stereocenters. The van der Waals surface area contributed by atoms with E-state index in [-0.39, 0.29) is 35.0 Å². The zero-order valence-corrected chi connectivity index (χ0v) is 22.1. The Morgan fingerprint density at radius 2 is 1.72 bits per heavy atom. The van der Waals surface area contributed by atoms with Gasteiger partial charge in [0.25, 0.3) is 11.5 Å². The monoisotopic (exact) mass is 496 g/mol. The van der Waals surface area contributed by atoms with Crippen LogP contribution < -0.4 is 5.56 Å². The van der Waals surface area contributed by atoms with Gasteiger partial charge in [-0.1, -0.05) is 0 Å². The van der Waals surface area contributed by atoms with Gasteiger partial charge in [0.05, 0.1) is 5.52 Å². The third kappa shape index (κ3) is 4.59. The van der Waals surface area contributed by atoms with Crippen LogP contribution in [0.5, 0.6) is 0 Å². The number of carbonyl (C=O) groups excluding carboxylic acids is 2. The van der Waals surface area contributed by atoms with Crippen molar-refractivity contribution in [3.8, 4) is 0 Å². The lowest BCUT2D eigenvalue weighted by molar-refractivity contribution is -0.130. The maximum Gasteiger partial charge on any atom is 0.278 e. The Labute approximate surface area is 213 Å². The van der Waals surface area contributed by atoms with Gasteiger partial charge >= 0.3 is 0 Å². The summed E-state index contributed by atoms with van der Waals surface area (Å²) in [5.41, 5.74) is 0.895. The molecule has 9 nitrogen and oxygen atoms in total. The molecule has 0 aromatic carbocycles. The molecule has 5 rings (SSSR count). The third-order valence-electron chi connectivity index (χ3n) is 8.66. The molecule has 3 aliphatic rings. The second kappa shape index (κ2) is 10.0. The summed E-state index contributed by atoms with van der Waals surface area (Å²) in [6, 6.07) is 6.67. The van der Waals surface area contributed by atoms with Crippen molar-refractivity contribution in [2.45, 2.75) is 70.6 Å². The van der Waals surface area contributed by atoms with Crippen molar-refractivity contribution in [2.24, 2.45) is 0 Å². The number of carbonyl (C=O) groups is 2. The summed E-state index contributed by atoms with van der Waals surface area (Å²) in [7, 11) is 1.87. The van der Waals surface area contributed by atoms with Crippen LogP contribution >= 0.6 is 0 Å². The van der Waals surface area contributed by atoms with Crippen molar-refractivity contribution in [3.05, 3.63) is 40.3 Å². The maximum atomic E-state index is 13.6. The number of amides is 2. The van der Waals surface area contributed by atoms with Gasteiger partial charge in [-0.2, -0.15) is 0 Å². The number of nitrogens with zero attached hydrogens (tertiary/aromatic N) is 6. The fourth-order valence-electron chi connectivity index (χ4n) is 6.59. The summed E-state index contributed by atoms with van der Waals surface area (Å²) >= 11 is 0. The predicted molar refractivity (Wildman–Crippen MR) is 139 cm³/mol. The second-order valence-electron chi connectivity index (χ2n) is 11.1. The molecule has 2 aromatic heterocycles. The summed E-state index contributed by atoms with van der Waals surface area (Å²) in [5, 5.41) is 0. The first-order valence-electron chi connectivity index (χ1n) is 13.5. The summed E-state index contributed by atoms with van der Waals surface area (Å²) in [6.07, 6.45) is 6.14. The molecule has 2 amide bonds. The Kier molecular flexibility index (Phi) is 6.96. The van der Waals surface area contributed by atoms with Crippen LogP contribution in [0.25, 0.3) is 5.52 Å². The normalized spacial score (nSPS) is 25.1. The first-order chi connectivity index (χ1) is 17.2. The lowest BCUT2D eigenvalue weighted by atomic mass is 9.95.